The van der Waals surface area contributed by atoms with E-state index >= 15 is 0 Å². The predicted molar refractivity (Wildman–Crippen MR) is 126 cm³/mol. The lowest BCUT2D eigenvalue weighted by Crippen LogP contribution is -2.46. The van der Waals surface area contributed by atoms with Crippen LogP contribution in [0, 0.1) is 0 Å². The van der Waals surface area contributed by atoms with E-state index < -0.39 is 50.8 Å². The summed E-state index contributed by atoms with van der Waals surface area (Å²) in [6.07, 6.45) is -3.48. The van der Waals surface area contributed by atoms with E-state index in [-0.39, 0.29) is 12.1 Å². The van der Waals surface area contributed by atoms with Crippen LogP contribution < -0.4 is 5.32 Å². The number of alkyl halides is 3. The van der Waals surface area contributed by atoms with Gasteiger partial charge in [0.2, 0.25) is 10.0 Å². The number of likely N-dealkylation sites (N-methyl/N-ethyl adjacent to an activating group) is 1. The Morgan fingerprint density at radius 1 is 1.11 bits per heavy atom. The number of nitrogens with zero attached hydrogens (tertiary/aromatic N) is 1. The molecule has 3 N–H and O–H groups in total. The van der Waals surface area contributed by atoms with Crippen LogP contribution in [-0.2, 0) is 22.6 Å². The predicted octanol–water partition coefficient (Wildman–Crippen LogP) is 3.78. The molecule has 0 aliphatic carbocycles. The number of benzene rings is 2. The molecule has 0 saturated heterocycles. The van der Waals surface area contributed by atoms with Crippen LogP contribution in [0.5, 0.6) is 0 Å². The number of β-amino-alcohol motifs (C(OH)–C–C–N with tert-alkyl or cyclic N) is 1. The average molecular weight is 517 g/mol. The molecule has 0 aliphatic heterocycles. The average Bonchev–Trinajstić information content (AvgIpc) is 2.77. The first-order chi connectivity index (χ1) is 16.1. The second-order valence-corrected chi connectivity index (χ2v) is 11.1. The molecule has 11 heteroatoms. The first-order valence-electron chi connectivity index (χ1n) is 11.0. The van der Waals surface area contributed by atoms with Crippen molar-refractivity contribution in [1.29, 1.82) is 0 Å². The summed E-state index contributed by atoms with van der Waals surface area (Å²) in [6.45, 7) is 3.58. The third-order valence-electron chi connectivity index (χ3n) is 5.58. The van der Waals surface area contributed by atoms with E-state index in [4.69, 9.17) is 5.11 Å². The van der Waals surface area contributed by atoms with Crippen molar-refractivity contribution in [2.75, 3.05) is 20.1 Å². The quantitative estimate of drug-likeness (QED) is 0.397. The minimum atomic E-state index is -4.93. The number of aryl methyl sites for hydroxylation is 1. The number of hydrogen-bond acceptors (Lipinski definition) is 5. The van der Waals surface area contributed by atoms with Gasteiger partial charge in [0.1, 0.15) is 0 Å². The van der Waals surface area contributed by atoms with E-state index in [9.17, 15) is 31.5 Å². The highest BCUT2D eigenvalue weighted by Crippen LogP contribution is 2.32. The summed E-state index contributed by atoms with van der Waals surface area (Å²) in [4.78, 5) is 10.4. The van der Waals surface area contributed by atoms with Crippen LogP contribution in [0.4, 0.5) is 13.2 Å². The highest BCUT2D eigenvalue weighted by Gasteiger charge is 2.34. The fourth-order valence-corrected chi connectivity index (χ4v) is 4.82. The number of carboxylic acids is 1. The summed E-state index contributed by atoms with van der Waals surface area (Å²) in [5, 5.41) is 22.7. The van der Waals surface area contributed by atoms with E-state index in [1.807, 2.05) is 44.2 Å². The number of nitrogens with one attached hydrogen (secondary N) is 1. The van der Waals surface area contributed by atoms with Crippen LogP contribution in [0.3, 0.4) is 0 Å². The summed E-state index contributed by atoms with van der Waals surface area (Å²) in [6, 6.07) is 11.4. The number of halogens is 3. The van der Waals surface area contributed by atoms with Gasteiger partial charge in [-0.15, -0.1) is 0 Å². The Hall–Kier alpha value is -2.47. The van der Waals surface area contributed by atoms with Crippen LogP contribution in [-0.4, -0.2) is 60.7 Å². The third kappa shape index (κ3) is 8.60. The third-order valence-corrected chi connectivity index (χ3v) is 7.38. The van der Waals surface area contributed by atoms with Crippen molar-refractivity contribution in [2.45, 2.75) is 55.8 Å². The number of aliphatic hydroxyl groups excluding tert-OH is 1. The van der Waals surface area contributed by atoms with E-state index in [2.05, 4.69) is 5.32 Å². The SMILES string of the molecule is CN(CC(O)CNC(C)(C)CCCc1ccccc1)S(=O)(=O)c1cc(C(=O)O)cc(C(F)(F)F)c1. The van der Waals surface area contributed by atoms with Gasteiger partial charge in [0.25, 0.3) is 0 Å². The van der Waals surface area contributed by atoms with Gasteiger partial charge in [-0.2, -0.15) is 17.5 Å². The maximum Gasteiger partial charge on any atom is 0.416 e. The zero-order valence-electron chi connectivity index (χ0n) is 19.8. The van der Waals surface area contributed by atoms with Crippen LogP contribution >= 0.6 is 0 Å². The molecule has 7 nitrogen and oxygen atoms in total. The van der Waals surface area contributed by atoms with Gasteiger partial charge >= 0.3 is 12.1 Å². The van der Waals surface area contributed by atoms with Crippen molar-refractivity contribution in [1.82, 2.24) is 9.62 Å². The first-order valence-corrected chi connectivity index (χ1v) is 12.4. The van der Waals surface area contributed by atoms with Crippen LogP contribution in [0.1, 0.15) is 48.2 Å². The highest BCUT2D eigenvalue weighted by molar-refractivity contribution is 7.89. The number of sulfonamides is 1. The van der Waals surface area contributed by atoms with Gasteiger partial charge < -0.3 is 15.5 Å². The molecule has 0 saturated carbocycles. The summed E-state index contributed by atoms with van der Waals surface area (Å²) in [5.74, 6) is -1.69. The summed E-state index contributed by atoms with van der Waals surface area (Å²) in [7, 11) is -3.37. The standard InChI is InChI=1S/C24H31F3N2O5S/c1-23(2,11-7-10-17-8-5-4-6-9-17)28-15-20(30)16-29(3)35(33,34)21-13-18(22(31)32)12-19(14-21)24(25,26)27/h4-6,8-9,12-14,20,28,30H,7,10-11,15-16H2,1-3H3,(H,31,32). The molecule has 2 rings (SSSR count). The maximum atomic E-state index is 13.2. The Balaban J connectivity index is 2.00. The van der Waals surface area contributed by atoms with Crippen LogP contribution in [0.15, 0.2) is 53.4 Å². The molecule has 2 aromatic rings. The Morgan fingerprint density at radius 2 is 1.74 bits per heavy atom. The lowest BCUT2D eigenvalue weighted by atomic mass is 9.95. The molecule has 0 bridgehead atoms. The lowest BCUT2D eigenvalue weighted by molar-refractivity contribution is -0.137. The van der Waals surface area contributed by atoms with E-state index in [1.165, 1.54) is 5.56 Å². The Morgan fingerprint density at radius 3 is 2.31 bits per heavy atom. The molecule has 0 radical (unpaired) electrons. The molecular weight excluding hydrogens is 485 g/mol. The lowest BCUT2D eigenvalue weighted by Gasteiger charge is -2.29. The van der Waals surface area contributed by atoms with Gasteiger partial charge in [-0.25, -0.2) is 13.2 Å². The molecule has 1 unspecified atom stereocenters. The number of rotatable bonds is 12. The van der Waals surface area contributed by atoms with E-state index in [0.29, 0.717) is 22.5 Å². The molecule has 0 aliphatic rings. The molecule has 2 aromatic carbocycles. The van der Waals surface area contributed by atoms with Gasteiger partial charge in [-0.1, -0.05) is 30.3 Å². The summed E-state index contributed by atoms with van der Waals surface area (Å²) < 4.78 is 65.9. The summed E-state index contributed by atoms with van der Waals surface area (Å²) in [5.41, 5.74) is -1.31. The molecule has 194 valence electrons. The zero-order chi connectivity index (χ0) is 26.4. The van der Waals surface area contributed by atoms with Gasteiger partial charge in [-0.05, 0) is 56.9 Å². The number of carboxylic acid groups (broad SMARTS) is 1. The van der Waals surface area contributed by atoms with E-state index in [1.54, 1.807) is 0 Å². The smallest absolute Gasteiger partial charge is 0.416 e. The second kappa shape index (κ2) is 11.5. The molecule has 0 fully saturated rings. The number of aromatic carboxylic acids is 1. The van der Waals surface area contributed by atoms with Gasteiger partial charge in [0.05, 0.1) is 22.1 Å². The zero-order valence-corrected chi connectivity index (χ0v) is 20.7. The van der Waals surface area contributed by atoms with Crippen LogP contribution in [0.25, 0.3) is 0 Å². The first kappa shape index (κ1) is 28.8. The largest absolute Gasteiger partial charge is 0.478 e. The minimum Gasteiger partial charge on any atom is -0.478 e. The van der Waals surface area contributed by atoms with Gasteiger partial charge in [0, 0.05) is 25.7 Å². The number of carbonyl (C=O) groups is 1. The molecular formula is C24H31F3N2O5S. The monoisotopic (exact) mass is 516 g/mol. The fraction of sp³-hybridized carbons (Fsp3) is 0.458. The number of hydrogen-bond donors (Lipinski definition) is 3. The number of aliphatic hydroxyl groups is 1. The minimum absolute atomic E-state index is 0.0567. The molecule has 0 spiro atoms. The fourth-order valence-electron chi connectivity index (χ4n) is 3.54. The van der Waals surface area contributed by atoms with Crippen molar-refractivity contribution in [3.63, 3.8) is 0 Å². The van der Waals surface area contributed by atoms with Crippen molar-refractivity contribution < 1.29 is 36.6 Å². The van der Waals surface area contributed by atoms with Crippen molar-refractivity contribution in [3.05, 3.63) is 65.2 Å². The second-order valence-electron chi connectivity index (χ2n) is 9.09. The maximum absolute atomic E-state index is 13.2. The van der Waals surface area contributed by atoms with Crippen molar-refractivity contribution >= 4 is 16.0 Å². The highest BCUT2D eigenvalue weighted by atomic mass is 32.2. The van der Waals surface area contributed by atoms with Crippen molar-refractivity contribution in [3.8, 4) is 0 Å². The molecule has 0 heterocycles. The Bertz CT molecular complexity index is 1110. The van der Waals surface area contributed by atoms with Crippen molar-refractivity contribution in [2.24, 2.45) is 0 Å². The normalized spacial score (nSPS) is 13.7. The van der Waals surface area contributed by atoms with Gasteiger partial charge in [0.15, 0.2) is 0 Å². The summed E-state index contributed by atoms with van der Waals surface area (Å²) >= 11 is 0. The van der Waals surface area contributed by atoms with Crippen LogP contribution in [0.2, 0.25) is 0 Å². The van der Waals surface area contributed by atoms with E-state index in [0.717, 1.165) is 26.3 Å². The molecule has 35 heavy (non-hydrogen) atoms. The molecule has 0 aromatic heterocycles. The molecule has 0 amide bonds. The topological polar surface area (TPSA) is 107 Å². The Kier molecular flexibility index (Phi) is 9.46. The van der Waals surface area contributed by atoms with Gasteiger partial charge in [-0.3, -0.25) is 0 Å². The Labute approximate surface area is 203 Å². The molecule has 1 atom stereocenters.